The highest BCUT2D eigenvalue weighted by atomic mass is 19.1. The van der Waals surface area contributed by atoms with Gasteiger partial charge in [-0.05, 0) is 29.7 Å². The Balaban J connectivity index is 2.81. The molecule has 0 radical (unpaired) electrons. The second-order valence-electron chi connectivity index (χ2n) is 2.83. The topological polar surface area (TPSA) is 50.2 Å². The quantitative estimate of drug-likeness (QED) is 0.750. The summed E-state index contributed by atoms with van der Waals surface area (Å²) < 4.78 is 12.8. The number of rotatable bonds is 1. The summed E-state index contributed by atoms with van der Waals surface area (Å²) in [4.78, 5) is 14.5. The molecular weight excluding hydrogens is 185 g/mol. The van der Waals surface area contributed by atoms with E-state index in [4.69, 9.17) is 5.11 Å². The normalized spacial score (nSPS) is 10.4. The molecule has 0 atom stereocenters. The molecule has 0 amide bonds. The van der Waals surface area contributed by atoms with Crippen LogP contribution in [0.2, 0.25) is 0 Å². The monoisotopic (exact) mass is 191 g/mol. The molecule has 0 saturated carbocycles. The zero-order valence-corrected chi connectivity index (χ0v) is 7.07. The second-order valence-corrected chi connectivity index (χ2v) is 2.83. The van der Waals surface area contributed by atoms with Crippen molar-refractivity contribution >= 4 is 16.7 Å². The van der Waals surface area contributed by atoms with Gasteiger partial charge >= 0.3 is 5.97 Å². The van der Waals surface area contributed by atoms with Crippen LogP contribution in [-0.4, -0.2) is 16.1 Å². The standard InChI is InChI=1S/C10H6FNO2/c11-7-1-2-8-6(5-7)3-4-12-9(8)10(13)14/h1-5H,(H,13,14). The summed E-state index contributed by atoms with van der Waals surface area (Å²) in [5, 5.41) is 9.78. The van der Waals surface area contributed by atoms with Gasteiger partial charge in [-0.15, -0.1) is 0 Å². The van der Waals surface area contributed by atoms with Crippen LogP contribution in [0.4, 0.5) is 4.39 Å². The van der Waals surface area contributed by atoms with Crippen molar-refractivity contribution in [1.29, 1.82) is 0 Å². The Bertz CT molecular complexity index is 510. The second kappa shape index (κ2) is 3.06. The molecule has 2 rings (SSSR count). The van der Waals surface area contributed by atoms with Crippen molar-refractivity contribution in [1.82, 2.24) is 4.98 Å². The molecule has 1 N–H and O–H groups in total. The molecular formula is C10H6FNO2. The third-order valence-corrected chi connectivity index (χ3v) is 1.93. The zero-order chi connectivity index (χ0) is 10.1. The minimum absolute atomic E-state index is 0.0532. The molecule has 0 bridgehead atoms. The Hall–Kier alpha value is -1.97. The maximum absolute atomic E-state index is 12.8. The predicted octanol–water partition coefficient (Wildman–Crippen LogP) is 2.07. The van der Waals surface area contributed by atoms with Crippen molar-refractivity contribution in [2.45, 2.75) is 0 Å². The minimum Gasteiger partial charge on any atom is -0.476 e. The molecule has 4 heteroatoms. The van der Waals surface area contributed by atoms with Crippen LogP contribution in [0.5, 0.6) is 0 Å². The highest BCUT2D eigenvalue weighted by molar-refractivity contribution is 6.01. The van der Waals surface area contributed by atoms with Crippen LogP contribution in [-0.2, 0) is 0 Å². The number of pyridine rings is 1. The van der Waals surface area contributed by atoms with Crippen molar-refractivity contribution in [3.63, 3.8) is 0 Å². The summed E-state index contributed by atoms with van der Waals surface area (Å²) >= 11 is 0. The summed E-state index contributed by atoms with van der Waals surface area (Å²) in [6.07, 6.45) is 1.35. The first-order chi connectivity index (χ1) is 6.68. The van der Waals surface area contributed by atoms with Crippen molar-refractivity contribution < 1.29 is 14.3 Å². The van der Waals surface area contributed by atoms with Gasteiger partial charge in [0.15, 0.2) is 5.69 Å². The number of halogens is 1. The lowest BCUT2D eigenvalue weighted by Gasteiger charge is -2.00. The van der Waals surface area contributed by atoms with Gasteiger partial charge in [0.2, 0.25) is 0 Å². The molecule has 0 spiro atoms. The molecule has 14 heavy (non-hydrogen) atoms. The van der Waals surface area contributed by atoms with Crippen LogP contribution < -0.4 is 0 Å². The predicted molar refractivity (Wildman–Crippen MR) is 48.7 cm³/mol. The van der Waals surface area contributed by atoms with Gasteiger partial charge in [-0.25, -0.2) is 14.2 Å². The highest BCUT2D eigenvalue weighted by Gasteiger charge is 2.09. The summed E-state index contributed by atoms with van der Waals surface area (Å²) in [7, 11) is 0. The lowest BCUT2D eigenvalue weighted by atomic mass is 10.1. The molecule has 1 aromatic heterocycles. The van der Waals surface area contributed by atoms with E-state index in [1.54, 1.807) is 6.07 Å². The third kappa shape index (κ3) is 1.31. The van der Waals surface area contributed by atoms with E-state index in [0.29, 0.717) is 10.8 Å². The Morgan fingerprint density at radius 3 is 2.86 bits per heavy atom. The molecule has 0 aliphatic carbocycles. The van der Waals surface area contributed by atoms with Gasteiger partial charge in [0.1, 0.15) is 5.82 Å². The number of aromatic carboxylic acids is 1. The maximum atomic E-state index is 12.8. The number of carboxylic acids is 1. The van der Waals surface area contributed by atoms with Crippen molar-refractivity contribution in [3.8, 4) is 0 Å². The Morgan fingerprint density at radius 1 is 1.36 bits per heavy atom. The van der Waals surface area contributed by atoms with Crippen LogP contribution in [0, 0.1) is 5.82 Å². The third-order valence-electron chi connectivity index (χ3n) is 1.93. The summed E-state index contributed by atoms with van der Waals surface area (Å²) in [5.74, 6) is -1.50. The van der Waals surface area contributed by atoms with Crippen LogP contribution in [0.3, 0.4) is 0 Å². The fraction of sp³-hybridized carbons (Fsp3) is 0. The molecule has 70 valence electrons. The fourth-order valence-corrected chi connectivity index (χ4v) is 1.32. The van der Waals surface area contributed by atoms with Crippen LogP contribution in [0.15, 0.2) is 30.5 Å². The first-order valence-electron chi connectivity index (χ1n) is 3.96. The number of carbonyl (C=O) groups is 1. The van der Waals surface area contributed by atoms with Gasteiger partial charge < -0.3 is 5.11 Å². The van der Waals surface area contributed by atoms with Crippen molar-refractivity contribution in [2.75, 3.05) is 0 Å². The molecule has 0 unspecified atom stereocenters. The van der Waals surface area contributed by atoms with Gasteiger partial charge in [0, 0.05) is 11.6 Å². The largest absolute Gasteiger partial charge is 0.476 e. The highest BCUT2D eigenvalue weighted by Crippen LogP contribution is 2.17. The number of hydrogen-bond donors (Lipinski definition) is 1. The number of fused-ring (bicyclic) bond motifs is 1. The first-order valence-corrected chi connectivity index (χ1v) is 3.96. The maximum Gasteiger partial charge on any atom is 0.355 e. The smallest absolute Gasteiger partial charge is 0.355 e. The fourth-order valence-electron chi connectivity index (χ4n) is 1.32. The van der Waals surface area contributed by atoms with Crippen LogP contribution >= 0.6 is 0 Å². The number of benzene rings is 1. The molecule has 1 aromatic carbocycles. The van der Waals surface area contributed by atoms with Crippen molar-refractivity contribution in [2.24, 2.45) is 0 Å². The van der Waals surface area contributed by atoms with Gasteiger partial charge in [0.25, 0.3) is 0 Å². The lowest BCUT2D eigenvalue weighted by molar-refractivity contribution is 0.0693. The Morgan fingerprint density at radius 2 is 2.14 bits per heavy atom. The first kappa shape index (κ1) is 8.62. The van der Waals surface area contributed by atoms with Gasteiger partial charge in [-0.2, -0.15) is 0 Å². The van der Waals surface area contributed by atoms with E-state index < -0.39 is 5.97 Å². The van der Waals surface area contributed by atoms with E-state index in [0.717, 1.165) is 0 Å². The summed E-state index contributed by atoms with van der Waals surface area (Å²) in [6, 6.07) is 5.49. The van der Waals surface area contributed by atoms with Crippen LogP contribution in [0.25, 0.3) is 10.8 Å². The van der Waals surface area contributed by atoms with E-state index >= 15 is 0 Å². The number of nitrogens with zero attached hydrogens (tertiary/aromatic N) is 1. The van der Waals surface area contributed by atoms with Gasteiger partial charge in [-0.3, -0.25) is 0 Å². The SMILES string of the molecule is O=C(O)c1nccc2cc(F)ccc12. The minimum atomic E-state index is -1.11. The number of hydrogen-bond acceptors (Lipinski definition) is 2. The van der Waals surface area contributed by atoms with Crippen LogP contribution in [0.1, 0.15) is 10.5 Å². The molecule has 2 aromatic rings. The zero-order valence-electron chi connectivity index (χ0n) is 7.07. The lowest BCUT2D eigenvalue weighted by Crippen LogP contribution is -2.00. The molecule has 0 aliphatic heterocycles. The van der Waals surface area contributed by atoms with E-state index in [1.165, 1.54) is 24.4 Å². The van der Waals surface area contributed by atoms with E-state index in [-0.39, 0.29) is 11.5 Å². The van der Waals surface area contributed by atoms with E-state index in [9.17, 15) is 9.18 Å². The van der Waals surface area contributed by atoms with E-state index in [1.807, 2.05) is 0 Å². The van der Waals surface area contributed by atoms with Crippen molar-refractivity contribution in [3.05, 3.63) is 42.0 Å². The van der Waals surface area contributed by atoms with Gasteiger partial charge in [0.05, 0.1) is 0 Å². The molecule has 3 nitrogen and oxygen atoms in total. The molecule has 0 aliphatic rings. The summed E-state index contributed by atoms with van der Waals surface area (Å²) in [5.41, 5.74) is -0.0532. The summed E-state index contributed by atoms with van der Waals surface area (Å²) in [6.45, 7) is 0. The average Bonchev–Trinajstić information content (AvgIpc) is 2.16. The molecule has 0 fully saturated rings. The molecule has 1 heterocycles. The number of aromatic nitrogens is 1. The number of carboxylic acid groups (broad SMARTS) is 1. The molecule has 0 saturated heterocycles. The van der Waals surface area contributed by atoms with E-state index in [2.05, 4.69) is 4.98 Å². The average molecular weight is 191 g/mol. The Kier molecular flexibility index (Phi) is 1.89. The Labute approximate surface area is 78.8 Å². The van der Waals surface area contributed by atoms with Gasteiger partial charge in [-0.1, -0.05) is 0 Å².